The summed E-state index contributed by atoms with van der Waals surface area (Å²) in [7, 11) is 1.96. The molecule has 0 saturated heterocycles. The zero-order chi connectivity index (χ0) is 64.1. The molecule has 2 N–H and O–H groups in total. The summed E-state index contributed by atoms with van der Waals surface area (Å²) in [6, 6.07) is 0. The average molecular weight is 1250 g/mol. The van der Waals surface area contributed by atoms with Gasteiger partial charge in [-0.3, -0.25) is 4.79 Å². The van der Waals surface area contributed by atoms with Crippen molar-refractivity contribution in [2.75, 3.05) is 7.11 Å². The molecule has 0 aromatic rings. The van der Waals surface area contributed by atoms with E-state index in [1.54, 1.807) is 6.42 Å². The lowest BCUT2D eigenvalue weighted by Gasteiger charge is -2.22. The van der Waals surface area contributed by atoms with Crippen LogP contribution in [0, 0.1) is 23.7 Å². The lowest BCUT2D eigenvalue weighted by molar-refractivity contribution is -0.146. The molecule has 532 valence electrons. The third kappa shape index (κ3) is 63.2. The van der Waals surface area contributed by atoms with Gasteiger partial charge in [0, 0.05) is 7.11 Å². The molecule has 0 aromatic carbocycles. The molecule has 0 bridgehead atoms. The molecular weight excluding hydrogens is 1080 g/mol. The quantitative estimate of drug-likeness (QED) is 0.0596. The highest BCUT2D eigenvalue weighted by atomic mass is 16.5. The fourth-order valence-corrected chi connectivity index (χ4v) is 15.4. The molecule has 0 heterocycles. The molecule has 4 nitrogen and oxygen atoms in total. The smallest absolute Gasteiger partial charge is 0.309 e. The number of carbonyl (C=O) groups is 1. The van der Waals surface area contributed by atoms with Crippen LogP contribution in [0.15, 0.2) is 0 Å². The number of rotatable bonds is 79. The molecule has 1 rings (SSSR count). The number of hydrogen-bond acceptors (Lipinski definition) is 3. The van der Waals surface area contributed by atoms with Crippen molar-refractivity contribution in [1.82, 2.24) is 0 Å². The van der Waals surface area contributed by atoms with Gasteiger partial charge in [-0.15, -0.1) is 0 Å². The van der Waals surface area contributed by atoms with Gasteiger partial charge in [0.25, 0.3) is 0 Å². The number of methoxy groups -OCH3 is 1. The Morgan fingerprint density at radius 2 is 0.506 bits per heavy atom. The number of aliphatic hydroxyl groups excluding tert-OH is 1. The van der Waals surface area contributed by atoms with Crippen molar-refractivity contribution in [2.24, 2.45) is 23.7 Å². The van der Waals surface area contributed by atoms with Crippen molar-refractivity contribution in [3.8, 4) is 0 Å². The third-order valence-electron chi connectivity index (χ3n) is 22.1. The van der Waals surface area contributed by atoms with Crippen molar-refractivity contribution in [1.29, 1.82) is 0 Å². The fourth-order valence-electron chi connectivity index (χ4n) is 15.4. The van der Waals surface area contributed by atoms with Gasteiger partial charge in [-0.1, -0.05) is 464 Å². The summed E-state index contributed by atoms with van der Waals surface area (Å²) in [5.74, 6) is 1.50. The Hall–Kier alpha value is -0.610. The van der Waals surface area contributed by atoms with Crippen LogP contribution >= 0.6 is 0 Å². The minimum Gasteiger partial charge on any atom is -0.481 e. The van der Waals surface area contributed by atoms with Crippen LogP contribution in [0.4, 0.5) is 0 Å². The number of unbranched alkanes of at least 4 members (excludes halogenated alkanes) is 63. The van der Waals surface area contributed by atoms with Gasteiger partial charge in [-0.25, -0.2) is 0 Å². The molecule has 0 amide bonds. The number of aliphatic carboxylic acids is 1. The second-order valence-electron chi connectivity index (χ2n) is 30.7. The van der Waals surface area contributed by atoms with Crippen LogP contribution in [0.25, 0.3) is 0 Å². The Morgan fingerprint density at radius 1 is 0.303 bits per heavy atom. The van der Waals surface area contributed by atoms with Gasteiger partial charge >= 0.3 is 5.97 Å². The number of carboxylic acid groups (broad SMARTS) is 1. The summed E-state index contributed by atoms with van der Waals surface area (Å²) >= 11 is 0. The maximum atomic E-state index is 12.0. The Kier molecular flexibility index (Phi) is 69.6. The van der Waals surface area contributed by atoms with Gasteiger partial charge in [0.05, 0.1) is 18.1 Å². The highest BCUT2D eigenvalue weighted by Crippen LogP contribution is 2.46. The van der Waals surface area contributed by atoms with E-state index in [-0.39, 0.29) is 0 Å². The van der Waals surface area contributed by atoms with Crippen LogP contribution in [0.3, 0.4) is 0 Å². The standard InChI is InChI=1S/C85H168O4/c1-5-7-9-11-13-15-17-19-21-23-24-25-26-27-28-32-39-45-51-57-63-69-75-82(85(87)88)83(86)76-70-64-58-52-46-40-33-29-31-37-43-49-55-61-67-73-80-78-81(80)74-68-62-56-50-44-38-34-35-41-47-53-59-65-71-77-84(89-4)79(3)72-66-60-54-48-42-36-30-22-20-18-16-14-12-10-8-6-2/h79-84,86H,5-78H2,1-4H3,(H,87,88). The lowest BCUT2D eigenvalue weighted by Crippen LogP contribution is -2.28. The maximum absolute atomic E-state index is 12.0. The lowest BCUT2D eigenvalue weighted by atomic mass is 9.91. The summed E-state index contributed by atoms with van der Waals surface area (Å²) in [5, 5.41) is 20.6. The number of carboxylic acids is 1. The van der Waals surface area contributed by atoms with E-state index in [9.17, 15) is 15.0 Å². The minimum absolute atomic E-state index is 0.470. The molecule has 1 aliphatic rings. The predicted octanol–water partition coefficient (Wildman–Crippen LogP) is 29.9. The van der Waals surface area contributed by atoms with Crippen LogP contribution < -0.4 is 0 Å². The van der Waals surface area contributed by atoms with E-state index in [0.717, 1.165) is 37.5 Å². The summed E-state index contributed by atoms with van der Waals surface area (Å²) < 4.78 is 5.98. The molecule has 1 aliphatic carbocycles. The first-order valence-electron chi connectivity index (χ1n) is 42.4. The van der Waals surface area contributed by atoms with E-state index in [4.69, 9.17) is 4.74 Å². The minimum atomic E-state index is -0.798. The zero-order valence-electron chi connectivity index (χ0n) is 62.0. The summed E-state index contributed by atoms with van der Waals surface area (Å²) in [5.41, 5.74) is 0. The molecule has 0 aliphatic heterocycles. The van der Waals surface area contributed by atoms with Gasteiger partial charge in [-0.05, 0) is 49.9 Å². The summed E-state index contributed by atoms with van der Waals surface area (Å²) in [6.45, 7) is 7.06. The number of aliphatic hydroxyl groups is 1. The first-order chi connectivity index (χ1) is 43.9. The van der Waals surface area contributed by atoms with E-state index >= 15 is 0 Å². The van der Waals surface area contributed by atoms with Crippen LogP contribution in [0.2, 0.25) is 0 Å². The maximum Gasteiger partial charge on any atom is 0.309 e. The first kappa shape index (κ1) is 86.4. The highest BCUT2D eigenvalue weighted by Gasteiger charge is 2.35. The molecule has 1 saturated carbocycles. The van der Waals surface area contributed by atoms with E-state index in [1.165, 1.54) is 430 Å². The van der Waals surface area contributed by atoms with E-state index < -0.39 is 18.0 Å². The summed E-state index contributed by atoms with van der Waals surface area (Å²) in [4.78, 5) is 12.0. The Morgan fingerprint density at radius 3 is 0.742 bits per heavy atom. The van der Waals surface area contributed by atoms with Gasteiger partial charge in [0.2, 0.25) is 0 Å². The molecule has 4 heteroatoms. The zero-order valence-corrected chi connectivity index (χ0v) is 62.0. The normalized spacial score (nSPS) is 15.5. The van der Waals surface area contributed by atoms with Gasteiger partial charge < -0.3 is 14.9 Å². The molecular formula is C85H168O4. The van der Waals surface area contributed by atoms with Crippen LogP contribution in [0.5, 0.6) is 0 Å². The molecule has 6 unspecified atom stereocenters. The van der Waals surface area contributed by atoms with Crippen LogP contribution in [-0.4, -0.2) is 35.5 Å². The molecule has 0 radical (unpaired) electrons. The van der Waals surface area contributed by atoms with Gasteiger partial charge in [0.15, 0.2) is 0 Å². The highest BCUT2D eigenvalue weighted by molar-refractivity contribution is 5.70. The number of hydrogen-bond donors (Lipinski definition) is 2. The Labute approximate surface area is 561 Å². The second kappa shape index (κ2) is 71.7. The SMILES string of the molecule is CCCCCCCCCCCCCCCCCCCCCCCCC(C(=O)O)C(O)CCCCCCCCCCCCCCCCCC1CC1CCCCCCCCCCCCCCCCC(OC)C(C)CCCCCCCCCCCCCCCCCC. The first-order valence-corrected chi connectivity index (χ1v) is 42.4. The van der Waals surface area contributed by atoms with E-state index in [2.05, 4.69) is 20.8 Å². The second-order valence-corrected chi connectivity index (χ2v) is 30.7. The van der Waals surface area contributed by atoms with Gasteiger partial charge in [0.1, 0.15) is 0 Å². The monoisotopic (exact) mass is 1250 g/mol. The molecule has 6 atom stereocenters. The topological polar surface area (TPSA) is 66.8 Å². The van der Waals surface area contributed by atoms with Crippen molar-refractivity contribution < 1.29 is 19.7 Å². The summed E-state index contributed by atoms with van der Waals surface area (Å²) in [6.07, 6.45) is 102. The van der Waals surface area contributed by atoms with Crippen LogP contribution in [-0.2, 0) is 9.53 Å². The molecule has 0 aromatic heterocycles. The van der Waals surface area contributed by atoms with Gasteiger partial charge in [-0.2, -0.15) is 0 Å². The Balaban J connectivity index is 1.76. The van der Waals surface area contributed by atoms with Crippen molar-refractivity contribution in [3.05, 3.63) is 0 Å². The van der Waals surface area contributed by atoms with Crippen molar-refractivity contribution in [3.63, 3.8) is 0 Å². The largest absolute Gasteiger partial charge is 0.481 e. The predicted molar refractivity (Wildman–Crippen MR) is 397 cm³/mol. The average Bonchev–Trinajstić information content (AvgIpc) is 4.32. The van der Waals surface area contributed by atoms with Crippen LogP contribution in [0.1, 0.15) is 496 Å². The molecule has 1 fully saturated rings. The Bertz CT molecular complexity index is 1330. The van der Waals surface area contributed by atoms with Crippen molar-refractivity contribution in [2.45, 2.75) is 508 Å². The number of ether oxygens (including phenoxy) is 1. The van der Waals surface area contributed by atoms with Crippen molar-refractivity contribution >= 4 is 5.97 Å². The van der Waals surface area contributed by atoms with E-state index in [0.29, 0.717) is 24.9 Å². The molecule has 0 spiro atoms. The van der Waals surface area contributed by atoms with E-state index in [1.807, 2.05) is 7.11 Å². The third-order valence-corrected chi connectivity index (χ3v) is 22.1. The fraction of sp³-hybridized carbons (Fsp3) is 0.988. The molecule has 89 heavy (non-hydrogen) atoms.